The van der Waals surface area contributed by atoms with Gasteiger partial charge in [-0.05, 0) is 54.6 Å². The average molecular weight is 492 g/mol. The molecule has 0 radical (unpaired) electrons. The number of rotatable bonds is 5. The summed E-state index contributed by atoms with van der Waals surface area (Å²) in [7, 11) is 0. The van der Waals surface area contributed by atoms with Crippen molar-refractivity contribution in [1.82, 2.24) is 20.4 Å². The van der Waals surface area contributed by atoms with Gasteiger partial charge in [0.05, 0.1) is 10.9 Å². The number of carbonyl (C=O) groups is 2. The number of hydrogen-bond acceptors (Lipinski definition) is 4. The van der Waals surface area contributed by atoms with Crippen molar-refractivity contribution >= 4 is 22.8 Å². The summed E-state index contributed by atoms with van der Waals surface area (Å²) in [5.74, 6) is -2.16. The van der Waals surface area contributed by atoms with Gasteiger partial charge in [0.15, 0.2) is 0 Å². The molecular formula is C24H27F3N4O4. The largest absolute Gasteiger partial charge is 0.490 e. The van der Waals surface area contributed by atoms with Crippen LogP contribution >= 0.6 is 0 Å². The maximum absolute atomic E-state index is 12.6. The number of likely N-dealkylation sites (tertiary alicyclic amines) is 1. The summed E-state index contributed by atoms with van der Waals surface area (Å²) < 4.78 is 31.7. The highest BCUT2D eigenvalue weighted by molar-refractivity contribution is 5.97. The first-order valence-electron chi connectivity index (χ1n) is 11.1. The molecule has 4 N–H and O–H groups in total. The van der Waals surface area contributed by atoms with E-state index in [9.17, 15) is 22.8 Å². The number of aliphatic carboxylic acids is 1. The Morgan fingerprint density at radius 1 is 1.14 bits per heavy atom. The van der Waals surface area contributed by atoms with E-state index in [1.807, 2.05) is 6.07 Å². The Labute approximate surface area is 199 Å². The smallest absolute Gasteiger partial charge is 0.475 e. The van der Waals surface area contributed by atoms with E-state index in [2.05, 4.69) is 45.5 Å². The summed E-state index contributed by atoms with van der Waals surface area (Å²) in [6, 6.07) is 13.4. The first kappa shape index (κ1) is 26.0. The second kappa shape index (κ2) is 11.2. The lowest BCUT2D eigenvalue weighted by Gasteiger charge is -2.31. The van der Waals surface area contributed by atoms with E-state index in [1.54, 1.807) is 18.2 Å². The normalized spacial score (nSPS) is 16.4. The third-order valence-corrected chi connectivity index (χ3v) is 5.77. The maximum Gasteiger partial charge on any atom is 0.490 e. The Kier molecular flexibility index (Phi) is 8.34. The number of nitrogens with zero attached hydrogens (tertiary/aromatic N) is 1. The Hall–Kier alpha value is -3.60. The van der Waals surface area contributed by atoms with Crippen molar-refractivity contribution in [1.29, 1.82) is 0 Å². The van der Waals surface area contributed by atoms with Crippen LogP contribution < -0.4 is 10.9 Å². The van der Waals surface area contributed by atoms with Crippen LogP contribution in [0.25, 0.3) is 10.9 Å². The molecule has 1 unspecified atom stereocenters. The highest BCUT2D eigenvalue weighted by Gasteiger charge is 2.38. The van der Waals surface area contributed by atoms with Crippen molar-refractivity contribution in [3.63, 3.8) is 0 Å². The molecule has 1 aliphatic heterocycles. The van der Waals surface area contributed by atoms with Crippen molar-refractivity contribution in [3.05, 3.63) is 69.5 Å². The second-order valence-electron chi connectivity index (χ2n) is 8.58. The lowest BCUT2D eigenvalue weighted by molar-refractivity contribution is -0.192. The number of H-pyrrole nitrogens is 2. The minimum Gasteiger partial charge on any atom is -0.475 e. The highest BCUT2D eigenvalue weighted by atomic mass is 19.4. The van der Waals surface area contributed by atoms with Crippen LogP contribution in [0.2, 0.25) is 0 Å². The minimum atomic E-state index is -5.08. The molecule has 0 saturated carbocycles. The number of halogens is 3. The monoisotopic (exact) mass is 492 g/mol. The van der Waals surface area contributed by atoms with Gasteiger partial charge in [-0.15, -0.1) is 0 Å². The van der Waals surface area contributed by atoms with E-state index in [-0.39, 0.29) is 11.5 Å². The molecule has 1 atom stereocenters. The van der Waals surface area contributed by atoms with Crippen LogP contribution in [-0.4, -0.2) is 51.3 Å². The molecule has 11 heteroatoms. The number of hydrogen-bond donors (Lipinski definition) is 4. The number of aromatic amines is 2. The lowest BCUT2D eigenvalue weighted by Crippen LogP contribution is -2.34. The van der Waals surface area contributed by atoms with Gasteiger partial charge in [0.25, 0.3) is 11.5 Å². The number of fused-ring (bicyclic) bond motifs is 1. The van der Waals surface area contributed by atoms with Crippen molar-refractivity contribution in [2.24, 2.45) is 5.92 Å². The molecule has 1 fully saturated rings. The van der Waals surface area contributed by atoms with Crippen molar-refractivity contribution in [2.45, 2.75) is 39.0 Å². The molecule has 1 aliphatic rings. The molecule has 2 heterocycles. The summed E-state index contributed by atoms with van der Waals surface area (Å²) in [5, 5.41) is 16.0. The summed E-state index contributed by atoms with van der Waals surface area (Å²) >= 11 is 0. The minimum absolute atomic E-state index is 0.148. The molecule has 0 aliphatic carbocycles. The maximum atomic E-state index is 12.6. The Balaban J connectivity index is 0.000000429. The van der Waals surface area contributed by atoms with Crippen molar-refractivity contribution in [3.8, 4) is 0 Å². The lowest BCUT2D eigenvalue weighted by atomic mass is 9.99. The van der Waals surface area contributed by atoms with Gasteiger partial charge < -0.3 is 10.4 Å². The van der Waals surface area contributed by atoms with Gasteiger partial charge in [0.1, 0.15) is 0 Å². The first-order valence-corrected chi connectivity index (χ1v) is 11.1. The summed E-state index contributed by atoms with van der Waals surface area (Å²) in [6.07, 6.45) is -2.52. The fraction of sp³-hybridized carbons (Fsp3) is 0.375. The summed E-state index contributed by atoms with van der Waals surface area (Å²) in [4.78, 5) is 35.6. The zero-order valence-electron chi connectivity index (χ0n) is 19.1. The SMILES string of the molecule is CC1CCCN(Cc2ccccc2CNC(=O)c2ccc3c(=O)[nH][nH]c3c2)C1.O=C(O)C(F)(F)F. The average Bonchev–Trinajstić information content (AvgIpc) is 3.18. The molecule has 1 amide bonds. The fourth-order valence-corrected chi connectivity index (χ4v) is 4.01. The standard InChI is InChI=1S/C22H26N4O2.C2HF3O2/c1-15-5-4-10-26(13-15)14-18-7-3-2-6-17(18)12-23-21(27)16-8-9-19-20(11-16)24-25-22(19)28;3-2(4,5)1(6)7/h2-3,6-9,11,15H,4-5,10,12-14H2,1H3,(H,23,27)(H2,24,25,28);(H,6,7). The van der Waals surface area contributed by atoms with Gasteiger partial charge in [-0.25, -0.2) is 4.79 Å². The molecule has 35 heavy (non-hydrogen) atoms. The van der Waals surface area contributed by atoms with Crippen molar-refractivity contribution in [2.75, 3.05) is 13.1 Å². The summed E-state index contributed by atoms with van der Waals surface area (Å²) in [6.45, 7) is 6.00. The highest BCUT2D eigenvalue weighted by Crippen LogP contribution is 2.20. The molecule has 4 rings (SSSR count). The zero-order chi connectivity index (χ0) is 25.6. The summed E-state index contributed by atoms with van der Waals surface area (Å²) in [5.41, 5.74) is 3.40. The molecular weight excluding hydrogens is 465 g/mol. The van der Waals surface area contributed by atoms with Gasteiger partial charge in [0, 0.05) is 25.2 Å². The number of piperidine rings is 1. The van der Waals surface area contributed by atoms with Gasteiger partial charge in [-0.3, -0.25) is 24.7 Å². The number of amides is 1. The molecule has 0 bridgehead atoms. The number of aromatic nitrogens is 2. The van der Waals surface area contributed by atoms with Gasteiger partial charge >= 0.3 is 12.1 Å². The van der Waals surface area contributed by atoms with E-state index in [4.69, 9.17) is 9.90 Å². The van der Waals surface area contributed by atoms with Crippen LogP contribution in [0.15, 0.2) is 47.3 Å². The van der Waals surface area contributed by atoms with Crippen LogP contribution in [-0.2, 0) is 17.9 Å². The quantitative estimate of drug-likeness (QED) is 0.434. The number of carboxylic acids is 1. The molecule has 1 saturated heterocycles. The van der Waals surface area contributed by atoms with E-state index in [1.165, 1.54) is 18.4 Å². The van der Waals surface area contributed by atoms with E-state index in [0.29, 0.717) is 23.0 Å². The van der Waals surface area contributed by atoms with Gasteiger partial charge in [0.2, 0.25) is 0 Å². The zero-order valence-corrected chi connectivity index (χ0v) is 19.1. The van der Waals surface area contributed by atoms with Crippen LogP contribution in [0.1, 0.15) is 41.3 Å². The topological polar surface area (TPSA) is 118 Å². The Morgan fingerprint density at radius 3 is 2.49 bits per heavy atom. The van der Waals surface area contributed by atoms with E-state index < -0.39 is 12.1 Å². The Morgan fingerprint density at radius 2 is 1.83 bits per heavy atom. The molecule has 8 nitrogen and oxygen atoms in total. The van der Waals surface area contributed by atoms with E-state index in [0.717, 1.165) is 31.1 Å². The van der Waals surface area contributed by atoms with Crippen molar-refractivity contribution < 1.29 is 27.9 Å². The number of alkyl halides is 3. The first-order chi connectivity index (χ1) is 16.5. The second-order valence-corrected chi connectivity index (χ2v) is 8.58. The number of carbonyl (C=O) groups excluding carboxylic acids is 1. The third kappa shape index (κ3) is 7.19. The predicted octanol–water partition coefficient (Wildman–Crippen LogP) is 3.65. The molecule has 1 aromatic heterocycles. The van der Waals surface area contributed by atoms with E-state index >= 15 is 0 Å². The van der Waals surface area contributed by atoms with Crippen LogP contribution in [0.3, 0.4) is 0 Å². The van der Waals surface area contributed by atoms with Crippen LogP contribution in [0.5, 0.6) is 0 Å². The predicted molar refractivity (Wildman–Crippen MR) is 124 cm³/mol. The molecule has 0 spiro atoms. The number of carboxylic acid groups (broad SMARTS) is 1. The Bertz CT molecular complexity index is 1240. The van der Waals surface area contributed by atoms with Crippen LogP contribution in [0, 0.1) is 5.92 Å². The van der Waals surface area contributed by atoms with Gasteiger partial charge in [-0.1, -0.05) is 31.2 Å². The number of nitrogens with one attached hydrogen (secondary N) is 3. The molecule has 2 aromatic carbocycles. The number of benzene rings is 2. The molecule has 188 valence electrons. The molecule has 3 aromatic rings. The third-order valence-electron chi connectivity index (χ3n) is 5.77. The fourth-order valence-electron chi connectivity index (χ4n) is 4.01. The van der Waals surface area contributed by atoms with Gasteiger partial charge in [-0.2, -0.15) is 13.2 Å². The van der Waals surface area contributed by atoms with Crippen LogP contribution in [0.4, 0.5) is 13.2 Å².